The van der Waals surface area contributed by atoms with Gasteiger partial charge in [0.05, 0.1) is 0 Å². The SMILES string of the molecule is Clc1nnc(Cl)c(OCc2ccccc2)n1. The summed E-state index contributed by atoms with van der Waals surface area (Å²) in [6, 6.07) is 9.64. The van der Waals surface area contributed by atoms with Crippen LogP contribution in [0.1, 0.15) is 5.56 Å². The zero-order valence-electron chi connectivity index (χ0n) is 8.10. The molecule has 0 aliphatic rings. The van der Waals surface area contributed by atoms with Gasteiger partial charge in [-0.15, -0.1) is 10.2 Å². The van der Waals surface area contributed by atoms with Gasteiger partial charge in [-0.1, -0.05) is 41.9 Å². The Hall–Kier alpha value is -1.39. The zero-order valence-corrected chi connectivity index (χ0v) is 9.61. The lowest BCUT2D eigenvalue weighted by molar-refractivity contribution is 0.291. The van der Waals surface area contributed by atoms with Crippen molar-refractivity contribution in [3.63, 3.8) is 0 Å². The molecule has 1 aromatic carbocycles. The molecule has 82 valence electrons. The molecule has 0 saturated carbocycles. The standard InChI is InChI=1S/C10H7Cl2N3O/c11-8-9(13-10(12)15-14-8)16-6-7-4-2-1-3-5-7/h1-5H,6H2. The van der Waals surface area contributed by atoms with Gasteiger partial charge in [0.2, 0.25) is 10.4 Å². The number of benzene rings is 1. The smallest absolute Gasteiger partial charge is 0.257 e. The van der Waals surface area contributed by atoms with Crippen molar-refractivity contribution in [2.45, 2.75) is 6.61 Å². The predicted molar refractivity (Wildman–Crippen MR) is 60.6 cm³/mol. The Morgan fingerprint density at radius 2 is 1.81 bits per heavy atom. The highest BCUT2D eigenvalue weighted by atomic mass is 35.5. The molecule has 0 N–H and O–H groups in total. The van der Waals surface area contributed by atoms with Crippen LogP contribution < -0.4 is 4.74 Å². The maximum absolute atomic E-state index is 5.74. The average molecular weight is 256 g/mol. The van der Waals surface area contributed by atoms with Gasteiger partial charge in [0, 0.05) is 0 Å². The highest BCUT2D eigenvalue weighted by Gasteiger charge is 2.07. The van der Waals surface area contributed by atoms with Crippen LogP contribution in [0.15, 0.2) is 30.3 Å². The highest BCUT2D eigenvalue weighted by molar-refractivity contribution is 6.31. The number of nitrogens with zero attached hydrogens (tertiary/aromatic N) is 3. The predicted octanol–water partition coefficient (Wildman–Crippen LogP) is 2.76. The number of halogens is 2. The molecule has 1 aromatic heterocycles. The van der Waals surface area contributed by atoms with Crippen molar-refractivity contribution in [1.29, 1.82) is 0 Å². The number of hydrogen-bond donors (Lipinski definition) is 0. The molecular weight excluding hydrogens is 249 g/mol. The number of ether oxygens (including phenoxy) is 1. The van der Waals surface area contributed by atoms with Crippen molar-refractivity contribution < 1.29 is 4.74 Å². The molecule has 0 aliphatic carbocycles. The normalized spacial score (nSPS) is 10.1. The molecule has 0 atom stereocenters. The van der Waals surface area contributed by atoms with Crippen molar-refractivity contribution in [3.8, 4) is 5.88 Å². The van der Waals surface area contributed by atoms with E-state index in [0.717, 1.165) is 5.56 Å². The molecule has 0 bridgehead atoms. The Morgan fingerprint density at radius 1 is 1.06 bits per heavy atom. The second-order valence-electron chi connectivity index (χ2n) is 2.95. The Morgan fingerprint density at radius 3 is 2.56 bits per heavy atom. The van der Waals surface area contributed by atoms with E-state index in [4.69, 9.17) is 27.9 Å². The lowest BCUT2D eigenvalue weighted by atomic mass is 10.2. The van der Waals surface area contributed by atoms with Crippen molar-refractivity contribution in [2.75, 3.05) is 0 Å². The minimum atomic E-state index is 0.00691. The summed E-state index contributed by atoms with van der Waals surface area (Å²) in [7, 11) is 0. The summed E-state index contributed by atoms with van der Waals surface area (Å²) < 4.78 is 5.37. The van der Waals surface area contributed by atoms with E-state index in [0.29, 0.717) is 6.61 Å². The van der Waals surface area contributed by atoms with E-state index in [9.17, 15) is 0 Å². The van der Waals surface area contributed by atoms with E-state index >= 15 is 0 Å². The fourth-order valence-corrected chi connectivity index (χ4v) is 1.35. The fraction of sp³-hybridized carbons (Fsp3) is 0.100. The van der Waals surface area contributed by atoms with Crippen LogP contribution in [0.3, 0.4) is 0 Å². The Balaban J connectivity index is 2.08. The molecule has 0 amide bonds. The molecule has 2 rings (SSSR count). The van der Waals surface area contributed by atoms with E-state index in [1.807, 2.05) is 30.3 Å². The van der Waals surface area contributed by atoms with Crippen molar-refractivity contribution >= 4 is 23.2 Å². The third kappa shape index (κ3) is 2.81. The van der Waals surface area contributed by atoms with Gasteiger partial charge in [0.15, 0.2) is 0 Å². The van der Waals surface area contributed by atoms with E-state index < -0.39 is 0 Å². The average Bonchev–Trinajstić information content (AvgIpc) is 2.32. The lowest BCUT2D eigenvalue weighted by Gasteiger charge is -2.05. The van der Waals surface area contributed by atoms with Gasteiger partial charge in [0.25, 0.3) is 5.88 Å². The zero-order chi connectivity index (χ0) is 11.4. The number of hydrogen-bond acceptors (Lipinski definition) is 4. The molecule has 0 unspecified atom stereocenters. The van der Waals surface area contributed by atoms with E-state index in [1.165, 1.54) is 0 Å². The van der Waals surface area contributed by atoms with E-state index in [1.54, 1.807) is 0 Å². The molecular formula is C10H7Cl2N3O. The molecule has 0 aliphatic heterocycles. The highest BCUT2D eigenvalue weighted by Crippen LogP contribution is 2.20. The van der Waals surface area contributed by atoms with Crippen LogP contribution >= 0.6 is 23.2 Å². The Bertz CT molecular complexity index is 479. The van der Waals surface area contributed by atoms with Gasteiger partial charge in [-0.05, 0) is 17.2 Å². The molecule has 1 heterocycles. The van der Waals surface area contributed by atoms with Gasteiger partial charge in [-0.2, -0.15) is 4.98 Å². The van der Waals surface area contributed by atoms with Gasteiger partial charge < -0.3 is 4.74 Å². The van der Waals surface area contributed by atoms with Gasteiger partial charge in [0.1, 0.15) is 6.61 Å². The Kier molecular flexibility index (Phi) is 3.54. The van der Waals surface area contributed by atoms with Gasteiger partial charge in [-0.3, -0.25) is 0 Å². The first-order valence-corrected chi connectivity index (χ1v) is 5.24. The molecule has 4 nitrogen and oxygen atoms in total. The minimum Gasteiger partial charge on any atom is -0.470 e. The summed E-state index contributed by atoms with van der Waals surface area (Å²) in [6.07, 6.45) is 0. The fourth-order valence-electron chi connectivity index (χ4n) is 1.10. The summed E-state index contributed by atoms with van der Waals surface area (Å²) in [5, 5.41) is 7.18. The summed E-state index contributed by atoms with van der Waals surface area (Å²) in [6.45, 7) is 0.357. The van der Waals surface area contributed by atoms with Gasteiger partial charge in [-0.25, -0.2) is 0 Å². The molecule has 0 fully saturated rings. The second-order valence-corrected chi connectivity index (χ2v) is 3.65. The first-order valence-electron chi connectivity index (χ1n) is 4.48. The summed E-state index contributed by atoms with van der Waals surface area (Å²) in [5.74, 6) is 0.186. The van der Waals surface area contributed by atoms with Crippen molar-refractivity contribution in [3.05, 3.63) is 46.3 Å². The van der Waals surface area contributed by atoms with Crippen LogP contribution in [0.5, 0.6) is 5.88 Å². The first kappa shape index (κ1) is 11.1. The van der Waals surface area contributed by atoms with Crippen LogP contribution in [-0.2, 0) is 6.61 Å². The molecule has 16 heavy (non-hydrogen) atoms. The van der Waals surface area contributed by atoms with Crippen LogP contribution in [0.25, 0.3) is 0 Å². The van der Waals surface area contributed by atoms with E-state index in [2.05, 4.69) is 15.2 Å². The molecule has 6 heteroatoms. The maximum atomic E-state index is 5.74. The summed E-state index contributed by atoms with van der Waals surface area (Å²) in [5.41, 5.74) is 1.01. The summed E-state index contributed by atoms with van der Waals surface area (Å²) >= 11 is 11.3. The van der Waals surface area contributed by atoms with Gasteiger partial charge >= 0.3 is 0 Å². The Labute approximate surface area is 102 Å². The molecule has 0 spiro atoms. The number of rotatable bonds is 3. The minimum absolute atomic E-state index is 0.00691. The third-order valence-corrected chi connectivity index (χ3v) is 2.21. The van der Waals surface area contributed by atoms with Crippen molar-refractivity contribution in [1.82, 2.24) is 15.2 Å². The molecule has 2 aromatic rings. The quantitative estimate of drug-likeness (QED) is 0.847. The van der Waals surface area contributed by atoms with Crippen LogP contribution in [-0.4, -0.2) is 15.2 Å². The topological polar surface area (TPSA) is 47.9 Å². The largest absolute Gasteiger partial charge is 0.470 e. The monoisotopic (exact) mass is 255 g/mol. The van der Waals surface area contributed by atoms with Crippen molar-refractivity contribution in [2.24, 2.45) is 0 Å². The van der Waals surface area contributed by atoms with Crippen LogP contribution in [0.2, 0.25) is 10.4 Å². The van der Waals surface area contributed by atoms with Crippen LogP contribution in [0.4, 0.5) is 0 Å². The molecule has 0 radical (unpaired) electrons. The summed E-state index contributed by atoms with van der Waals surface area (Å²) in [4.78, 5) is 3.83. The number of aromatic nitrogens is 3. The molecule has 0 saturated heterocycles. The third-order valence-electron chi connectivity index (χ3n) is 1.81. The lowest BCUT2D eigenvalue weighted by Crippen LogP contribution is -2.00. The first-order chi connectivity index (χ1) is 7.75. The van der Waals surface area contributed by atoms with Crippen LogP contribution in [0, 0.1) is 0 Å². The maximum Gasteiger partial charge on any atom is 0.257 e. The second kappa shape index (κ2) is 5.09. The van der Waals surface area contributed by atoms with E-state index in [-0.39, 0.29) is 16.3 Å².